The Morgan fingerprint density at radius 2 is 2.12 bits per heavy atom. The Bertz CT molecular complexity index is 335. The standard InChI is InChI=1S/C13H22N2OS/c1-3-11-12(9-16)17-13(14-11)8-15-6-4-10(2)5-7-15/h10,16H,3-9H2,1-2H3. The van der Waals surface area contributed by atoms with Gasteiger partial charge < -0.3 is 5.11 Å². The lowest BCUT2D eigenvalue weighted by Crippen LogP contribution is -2.32. The second kappa shape index (κ2) is 5.94. The zero-order valence-electron chi connectivity index (χ0n) is 10.8. The Labute approximate surface area is 107 Å². The predicted octanol–water partition coefficient (Wildman–Crippen LogP) is 2.43. The third-order valence-corrected chi connectivity index (χ3v) is 4.60. The average molecular weight is 254 g/mol. The first-order chi connectivity index (χ1) is 8.22. The van der Waals surface area contributed by atoms with E-state index in [9.17, 15) is 5.11 Å². The number of aryl methyl sites for hydroxylation is 1. The van der Waals surface area contributed by atoms with Crippen LogP contribution in [0.4, 0.5) is 0 Å². The van der Waals surface area contributed by atoms with Crippen LogP contribution < -0.4 is 0 Å². The molecule has 0 radical (unpaired) electrons. The number of nitrogens with zero attached hydrogens (tertiary/aromatic N) is 2. The summed E-state index contributed by atoms with van der Waals surface area (Å²) in [6.07, 6.45) is 3.53. The molecule has 17 heavy (non-hydrogen) atoms. The number of rotatable bonds is 4. The van der Waals surface area contributed by atoms with E-state index in [0.29, 0.717) is 0 Å². The number of hydrogen-bond acceptors (Lipinski definition) is 4. The molecule has 0 aliphatic carbocycles. The van der Waals surface area contributed by atoms with E-state index in [4.69, 9.17) is 0 Å². The van der Waals surface area contributed by atoms with E-state index in [1.807, 2.05) is 0 Å². The highest BCUT2D eigenvalue weighted by atomic mass is 32.1. The first kappa shape index (κ1) is 13.0. The number of hydrogen-bond donors (Lipinski definition) is 1. The molecule has 1 aromatic heterocycles. The van der Waals surface area contributed by atoms with Gasteiger partial charge in [-0.15, -0.1) is 11.3 Å². The van der Waals surface area contributed by atoms with Crippen molar-refractivity contribution >= 4 is 11.3 Å². The van der Waals surface area contributed by atoms with Crippen molar-refractivity contribution < 1.29 is 5.11 Å². The van der Waals surface area contributed by atoms with Gasteiger partial charge in [-0.25, -0.2) is 4.98 Å². The molecule has 0 atom stereocenters. The second-order valence-corrected chi connectivity index (χ2v) is 6.12. The number of thiazole rings is 1. The summed E-state index contributed by atoms with van der Waals surface area (Å²) >= 11 is 1.68. The largest absolute Gasteiger partial charge is 0.391 e. The monoisotopic (exact) mass is 254 g/mol. The van der Waals surface area contributed by atoms with Crippen LogP contribution in [-0.2, 0) is 19.6 Å². The number of aromatic nitrogens is 1. The second-order valence-electron chi connectivity index (χ2n) is 4.95. The van der Waals surface area contributed by atoms with Crippen molar-refractivity contribution in [2.75, 3.05) is 13.1 Å². The minimum absolute atomic E-state index is 0.137. The van der Waals surface area contributed by atoms with Gasteiger partial charge in [-0.2, -0.15) is 0 Å². The van der Waals surface area contributed by atoms with E-state index in [2.05, 4.69) is 23.7 Å². The van der Waals surface area contributed by atoms with Gasteiger partial charge >= 0.3 is 0 Å². The zero-order valence-corrected chi connectivity index (χ0v) is 11.6. The SMILES string of the molecule is CCc1nc(CN2CCC(C)CC2)sc1CO. The van der Waals surface area contributed by atoms with Gasteiger partial charge in [0.25, 0.3) is 0 Å². The molecule has 2 rings (SSSR count). The molecule has 4 heteroatoms. The predicted molar refractivity (Wildman–Crippen MR) is 71.1 cm³/mol. The van der Waals surface area contributed by atoms with Crippen molar-refractivity contribution in [1.82, 2.24) is 9.88 Å². The molecule has 1 aliphatic rings. The molecule has 96 valence electrons. The van der Waals surface area contributed by atoms with Crippen molar-refractivity contribution in [2.24, 2.45) is 5.92 Å². The molecule has 0 saturated carbocycles. The van der Waals surface area contributed by atoms with Crippen LogP contribution >= 0.6 is 11.3 Å². The van der Waals surface area contributed by atoms with Crippen LogP contribution in [0.2, 0.25) is 0 Å². The molecular formula is C13H22N2OS. The molecule has 0 spiro atoms. The van der Waals surface area contributed by atoms with Gasteiger partial charge in [0.15, 0.2) is 0 Å². The molecule has 1 aromatic rings. The van der Waals surface area contributed by atoms with Crippen LogP contribution in [-0.4, -0.2) is 28.1 Å². The maximum absolute atomic E-state index is 9.26. The summed E-state index contributed by atoms with van der Waals surface area (Å²) < 4.78 is 0. The summed E-state index contributed by atoms with van der Waals surface area (Å²) in [5, 5.41) is 10.4. The maximum atomic E-state index is 9.26. The van der Waals surface area contributed by atoms with E-state index < -0.39 is 0 Å². The maximum Gasteiger partial charge on any atom is 0.107 e. The normalized spacial score (nSPS) is 18.8. The minimum Gasteiger partial charge on any atom is -0.391 e. The highest BCUT2D eigenvalue weighted by Crippen LogP contribution is 2.23. The lowest BCUT2D eigenvalue weighted by Gasteiger charge is -2.29. The smallest absolute Gasteiger partial charge is 0.107 e. The summed E-state index contributed by atoms with van der Waals surface area (Å²) in [4.78, 5) is 8.16. The molecule has 1 fully saturated rings. The van der Waals surface area contributed by atoms with Crippen LogP contribution in [0, 0.1) is 5.92 Å². The number of piperidine rings is 1. The summed E-state index contributed by atoms with van der Waals surface area (Å²) in [6.45, 7) is 7.91. The Balaban J connectivity index is 1.96. The summed E-state index contributed by atoms with van der Waals surface area (Å²) in [5.74, 6) is 0.877. The van der Waals surface area contributed by atoms with Crippen molar-refractivity contribution in [3.63, 3.8) is 0 Å². The van der Waals surface area contributed by atoms with Gasteiger partial charge in [0.1, 0.15) is 5.01 Å². The van der Waals surface area contributed by atoms with Gasteiger partial charge in [0.05, 0.1) is 23.7 Å². The Kier molecular flexibility index (Phi) is 4.54. The summed E-state index contributed by atoms with van der Waals surface area (Å²) in [6, 6.07) is 0. The van der Waals surface area contributed by atoms with E-state index >= 15 is 0 Å². The number of likely N-dealkylation sites (tertiary alicyclic amines) is 1. The van der Waals surface area contributed by atoms with Gasteiger partial charge in [-0.1, -0.05) is 13.8 Å². The molecule has 0 bridgehead atoms. The summed E-state index contributed by atoms with van der Waals surface area (Å²) in [5.41, 5.74) is 1.08. The van der Waals surface area contributed by atoms with E-state index in [-0.39, 0.29) is 6.61 Å². The molecule has 0 amide bonds. The minimum atomic E-state index is 0.137. The van der Waals surface area contributed by atoms with Crippen molar-refractivity contribution in [2.45, 2.75) is 46.3 Å². The van der Waals surface area contributed by atoms with Crippen molar-refractivity contribution in [3.8, 4) is 0 Å². The average Bonchev–Trinajstić information content (AvgIpc) is 2.74. The first-order valence-electron chi connectivity index (χ1n) is 6.53. The third kappa shape index (κ3) is 3.27. The Morgan fingerprint density at radius 3 is 2.65 bits per heavy atom. The molecule has 1 saturated heterocycles. The van der Waals surface area contributed by atoms with Gasteiger partial charge in [0.2, 0.25) is 0 Å². The van der Waals surface area contributed by atoms with Crippen molar-refractivity contribution in [3.05, 3.63) is 15.6 Å². The molecule has 1 aliphatic heterocycles. The fraction of sp³-hybridized carbons (Fsp3) is 0.769. The third-order valence-electron chi connectivity index (χ3n) is 3.54. The van der Waals surface area contributed by atoms with Crippen LogP contribution in [0.1, 0.15) is 42.3 Å². The Hall–Kier alpha value is -0.450. The lowest BCUT2D eigenvalue weighted by atomic mass is 9.99. The number of aliphatic hydroxyl groups is 1. The lowest BCUT2D eigenvalue weighted by molar-refractivity contribution is 0.185. The van der Waals surface area contributed by atoms with Crippen LogP contribution in [0.25, 0.3) is 0 Å². The van der Waals surface area contributed by atoms with E-state index in [0.717, 1.165) is 29.5 Å². The van der Waals surface area contributed by atoms with E-state index in [1.54, 1.807) is 11.3 Å². The highest BCUT2D eigenvalue weighted by molar-refractivity contribution is 7.11. The van der Waals surface area contributed by atoms with Crippen LogP contribution in [0.3, 0.4) is 0 Å². The molecule has 1 N–H and O–H groups in total. The topological polar surface area (TPSA) is 36.4 Å². The van der Waals surface area contributed by atoms with Crippen LogP contribution in [0.15, 0.2) is 0 Å². The molecule has 2 heterocycles. The van der Waals surface area contributed by atoms with E-state index in [1.165, 1.54) is 30.9 Å². The highest BCUT2D eigenvalue weighted by Gasteiger charge is 2.17. The van der Waals surface area contributed by atoms with Gasteiger partial charge in [-0.3, -0.25) is 4.90 Å². The van der Waals surface area contributed by atoms with Gasteiger partial charge in [0, 0.05) is 0 Å². The van der Waals surface area contributed by atoms with Crippen molar-refractivity contribution in [1.29, 1.82) is 0 Å². The quantitative estimate of drug-likeness (QED) is 0.896. The first-order valence-corrected chi connectivity index (χ1v) is 7.35. The molecule has 0 aromatic carbocycles. The molecule has 0 unspecified atom stereocenters. The fourth-order valence-electron chi connectivity index (χ4n) is 2.32. The fourth-order valence-corrected chi connectivity index (χ4v) is 3.38. The number of aliphatic hydroxyl groups excluding tert-OH is 1. The van der Waals surface area contributed by atoms with Gasteiger partial charge in [-0.05, 0) is 38.3 Å². The Morgan fingerprint density at radius 1 is 1.41 bits per heavy atom. The zero-order chi connectivity index (χ0) is 12.3. The summed E-state index contributed by atoms with van der Waals surface area (Å²) in [7, 11) is 0. The molecule has 3 nitrogen and oxygen atoms in total. The van der Waals surface area contributed by atoms with Crippen LogP contribution in [0.5, 0.6) is 0 Å². The molecular weight excluding hydrogens is 232 g/mol.